The first kappa shape index (κ1) is 37.0. The van der Waals surface area contributed by atoms with Crippen molar-refractivity contribution in [3.8, 4) is 11.1 Å². The van der Waals surface area contributed by atoms with Gasteiger partial charge in [0.15, 0.2) is 5.78 Å². The van der Waals surface area contributed by atoms with Crippen LogP contribution in [0.15, 0.2) is 132 Å². The molecule has 3 amide bonds. The Bertz CT molecular complexity index is 2260. The molecule has 2 heterocycles. The van der Waals surface area contributed by atoms with E-state index in [1.807, 2.05) is 30.3 Å². The van der Waals surface area contributed by atoms with Gasteiger partial charge in [-0.3, -0.25) is 19.2 Å². The van der Waals surface area contributed by atoms with Crippen LogP contribution >= 0.6 is 35.7 Å². The fraction of sp³-hybridized carbons (Fsp3) is 0.140. The number of thiocarbonyl (C=S) groups is 1. The monoisotopic (exact) mass is 771 g/mol. The van der Waals surface area contributed by atoms with Crippen LogP contribution in [0, 0.1) is 5.82 Å². The Morgan fingerprint density at radius 3 is 2.24 bits per heavy atom. The van der Waals surface area contributed by atoms with Gasteiger partial charge in [0.25, 0.3) is 17.7 Å². The molecule has 0 saturated carbocycles. The fourth-order valence-corrected chi connectivity index (χ4v) is 8.92. The molecule has 11 heteroatoms. The largest absolute Gasteiger partial charge is 0.350 e. The summed E-state index contributed by atoms with van der Waals surface area (Å²) in [5, 5.41) is 5.68. The van der Waals surface area contributed by atoms with Crippen LogP contribution in [0.5, 0.6) is 0 Å². The van der Waals surface area contributed by atoms with E-state index < -0.39 is 5.82 Å². The maximum Gasteiger partial charge on any atom is 0.263 e. The van der Waals surface area contributed by atoms with E-state index in [4.69, 9.17) is 12.2 Å². The van der Waals surface area contributed by atoms with Crippen LogP contribution < -0.4 is 10.6 Å². The Morgan fingerprint density at radius 1 is 0.852 bits per heavy atom. The SMILES string of the molecule is O=C1NC(=S)S/C1=C\c1ccc(C(=O)NC[C@@H]2C[C@@H](SCc3ccccc3-c3ccccc3)CN2C(=O)c2ccccc2C(=O)c2ccc(F)cc2)cc1. The molecule has 5 aromatic carbocycles. The lowest BCUT2D eigenvalue weighted by molar-refractivity contribution is -0.115. The molecule has 2 aliphatic rings. The first-order valence-corrected chi connectivity index (χ1v) is 19.6. The van der Waals surface area contributed by atoms with Crippen molar-refractivity contribution in [2.75, 3.05) is 13.1 Å². The lowest BCUT2D eigenvalue weighted by Gasteiger charge is -2.26. The number of amides is 3. The first-order valence-electron chi connectivity index (χ1n) is 17.3. The zero-order chi connectivity index (χ0) is 37.6. The number of nitrogens with zero attached hydrogens (tertiary/aromatic N) is 1. The Hall–Kier alpha value is -5.36. The van der Waals surface area contributed by atoms with Crippen LogP contribution in [0.1, 0.15) is 54.2 Å². The molecule has 5 aromatic rings. The van der Waals surface area contributed by atoms with E-state index in [9.17, 15) is 23.6 Å². The van der Waals surface area contributed by atoms with Gasteiger partial charge in [0.2, 0.25) is 0 Å². The molecular formula is C43H34FN3O4S3. The van der Waals surface area contributed by atoms with Gasteiger partial charge in [-0.05, 0) is 77.2 Å². The predicted molar refractivity (Wildman–Crippen MR) is 218 cm³/mol. The Morgan fingerprint density at radius 2 is 1.52 bits per heavy atom. The highest BCUT2D eigenvalue weighted by Gasteiger charge is 2.37. The number of nitrogens with one attached hydrogen (secondary N) is 2. The van der Waals surface area contributed by atoms with Crippen LogP contribution in [0.3, 0.4) is 0 Å². The maximum atomic E-state index is 14.4. The number of ketones is 1. The van der Waals surface area contributed by atoms with Crippen LogP contribution in [-0.4, -0.2) is 57.1 Å². The Kier molecular flexibility index (Phi) is 11.5. The molecule has 2 N–H and O–H groups in total. The zero-order valence-electron chi connectivity index (χ0n) is 28.9. The normalized spacial score (nSPS) is 17.4. The molecule has 7 nitrogen and oxygen atoms in total. The van der Waals surface area contributed by atoms with E-state index in [0.717, 1.165) is 22.4 Å². The molecule has 0 spiro atoms. The second kappa shape index (κ2) is 16.8. The number of rotatable bonds is 11. The average Bonchev–Trinajstić information content (AvgIpc) is 3.77. The van der Waals surface area contributed by atoms with Gasteiger partial charge in [-0.25, -0.2) is 4.39 Å². The quantitative estimate of drug-likeness (QED) is 0.0796. The second-order valence-corrected chi connectivity index (χ2v) is 15.9. The van der Waals surface area contributed by atoms with Gasteiger partial charge in [0.05, 0.1) is 16.5 Å². The van der Waals surface area contributed by atoms with E-state index in [1.165, 1.54) is 41.6 Å². The van der Waals surface area contributed by atoms with Crippen molar-refractivity contribution in [2.45, 2.75) is 23.5 Å². The van der Waals surface area contributed by atoms with Crippen molar-refractivity contribution in [3.05, 3.63) is 171 Å². The molecular weight excluding hydrogens is 738 g/mol. The number of halogens is 1. The number of carbonyl (C=O) groups excluding carboxylic acids is 4. The van der Waals surface area contributed by atoms with Crippen molar-refractivity contribution < 1.29 is 23.6 Å². The van der Waals surface area contributed by atoms with Gasteiger partial charge in [-0.1, -0.05) is 109 Å². The smallest absolute Gasteiger partial charge is 0.263 e. The van der Waals surface area contributed by atoms with E-state index in [-0.39, 0.29) is 58.0 Å². The van der Waals surface area contributed by atoms with Crippen LogP contribution in [0.25, 0.3) is 17.2 Å². The third kappa shape index (κ3) is 8.54. The lowest BCUT2D eigenvalue weighted by atomic mass is 9.97. The summed E-state index contributed by atoms with van der Waals surface area (Å²) in [5.41, 5.74) is 5.43. The van der Waals surface area contributed by atoms with E-state index >= 15 is 0 Å². The number of hydrogen-bond donors (Lipinski definition) is 2. The number of benzene rings is 5. The predicted octanol–water partition coefficient (Wildman–Crippen LogP) is 8.16. The van der Waals surface area contributed by atoms with Gasteiger partial charge >= 0.3 is 0 Å². The highest BCUT2D eigenvalue weighted by Crippen LogP contribution is 2.34. The van der Waals surface area contributed by atoms with Crippen LogP contribution in [0.2, 0.25) is 0 Å². The van der Waals surface area contributed by atoms with Crippen molar-refractivity contribution in [2.24, 2.45) is 0 Å². The van der Waals surface area contributed by atoms with E-state index in [2.05, 4.69) is 34.9 Å². The summed E-state index contributed by atoms with van der Waals surface area (Å²) in [4.78, 5) is 55.7. The minimum absolute atomic E-state index is 0.0607. The lowest BCUT2D eigenvalue weighted by Crippen LogP contribution is -2.43. The first-order chi connectivity index (χ1) is 26.2. The molecule has 0 aliphatic carbocycles. The summed E-state index contributed by atoms with van der Waals surface area (Å²) < 4.78 is 14.1. The minimum Gasteiger partial charge on any atom is -0.350 e. The van der Waals surface area contributed by atoms with Crippen LogP contribution in [0.4, 0.5) is 4.39 Å². The molecule has 270 valence electrons. The van der Waals surface area contributed by atoms with Crippen molar-refractivity contribution in [1.82, 2.24) is 15.5 Å². The van der Waals surface area contributed by atoms with E-state index in [0.29, 0.717) is 27.8 Å². The Labute approximate surface area is 326 Å². The molecule has 0 bridgehead atoms. The van der Waals surface area contributed by atoms with Crippen molar-refractivity contribution in [1.29, 1.82) is 0 Å². The second-order valence-electron chi connectivity index (χ2n) is 12.9. The summed E-state index contributed by atoms with van der Waals surface area (Å²) >= 11 is 8.02. The number of thioether (sulfide) groups is 2. The molecule has 0 aromatic heterocycles. The van der Waals surface area contributed by atoms with Crippen LogP contribution in [-0.2, 0) is 10.5 Å². The molecule has 2 saturated heterocycles. The van der Waals surface area contributed by atoms with Gasteiger partial charge in [0, 0.05) is 40.8 Å². The number of carbonyl (C=O) groups is 4. The Balaban J connectivity index is 1.10. The maximum absolute atomic E-state index is 14.4. The highest BCUT2D eigenvalue weighted by atomic mass is 32.2. The summed E-state index contributed by atoms with van der Waals surface area (Å²) in [6, 6.07) is 37.1. The summed E-state index contributed by atoms with van der Waals surface area (Å²) in [6.07, 6.45) is 2.35. The summed E-state index contributed by atoms with van der Waals surface area (Å²) in [7, 11) is 0. The van der Waals surface area contributed by atoms with Gasteiger partial charge in [-0.2, -0.15) is 11.8 Å². The molecule has 0 radical (unpaired) electrons. The zero-order valence-corrected chi connectivity index (χ0v) is 31.3. The summed E-state index contributed by atoms with van der Waals surface area (Å²) in [5.74, 6) is -0.953. The highest BCUT2D eigenvalue weighted by molar-refractivity contribution is 8.26. The molecule has 2 aliphatic heterocycles. The van der Waals surface area contributed by atoms with Gasteiger partial charge < -0.3 is 15.5 Å². The molecule has 2 fully saturated rings. The van der Waals surface area contributed by atoms with Gasteiger partial charge in [0.1, 0.15) is 10.1 Å². The fourth-order valence-electron chi connectivity index (χ4n) is 6.58. The van der Waals surface area contributed by atoms with E-state index in [1.54, 1.807) is 71.3 Å². The number of likely N-dealkylation sites (tertiary alicyclic amines) is 1. The molecule has 0 unspecified atom stereocenters. The van der Waals surface area contributed by atoms with Crippen molar-refractivity contribution >= 4 is 69.6 Å². The number of hydrogen-bond acceptors (Lipinski definition) is 7. The minimum atomic E-state index is -0.455. The average molecular weight is 772 g/mol. The van der Waals surface area contributed by atoms with Crippen molar-refractivity contribution in [3.63, 3.8) is 0 Å². The molecule has 7 rings (SSSR count). The molecule has 54 heavy (non-hydrogen) atoms. The third-order valence-corrected chi connectivity index (χ3v) is 11.8. The summed E-state index contributed by atoms with van der Waals surface area (Å²) in [6.45, 7) is 0.630. The topological polar surface area (TPSA) is 95.6 Å². The van der Waals surface area contributed by atoms with Gasteiger partial charge in [-0.15, -0.1) is 0 Å². The standard InChI is InChI=1S/C43H34FN3O4S3/c44-32-20-18-29(19-21-32)39(48)36-12-6-7-13-37(36)42(51)47-25-34(53-26-31-10-4-5-11-35(31)28-8-2-1-3-9-28)23-33(47)24-45-40(49)30-16-14-27(15-17-30)22-38-41(50)46-43(52)54-38/h1-22,33-34H,23-26H2,(H,45,49)(H,46,50,52)/b38-22-/t33-,34+/m0/s1. The third-order valence-electron chi connectivity index (χ3n) is 9.33. The molecule has 2 atom stereocenters.